The molecular weight excluding hydrogens is 362 g/mol. The van der Waals surface area contributed by atoms with Crippen molar-refractivity contribution in [3.05, 3.63) is 35.5 Å². The minimum atomic E-state index is -0.267. The number of aliphatic hydroxyl groups excluding tert-OH is 1. The molecule has 1 saturated carbocycles. The standard InChI is InChI=1S/C24H33N3O2/c1-15(2)29-23-12-20-16(3)22(28)9-8-17(20)13-27(14-25)11-10-19-18-6-4-5-7-21(18)26-24(19)23/h4-7,15-17,20,22-23,26,28H,8-13H2,1-3H3/t16-,17+,20-,22+,23-/m1/s1. The fourth-order valence-electron chi connectivity index (χ4n) is 5.50. The van der Waals surface area contributed by atoms with Gasteiger partial charge in [-0.2, -0.15) is 5.26 Å². The van der Waals surface area contributed by atoms with Gasteiger partial charge in [0.1, 0.15) is 0 Å². The van der Waals surface area contributed by atoms with Gasteiger partial charge in [0, 0.05) is 29.7 Å². The first-order valence-electron chi connectivity index (χ1n) is 11.1. The van der Waals surface area contributed by atoms with Gasteiger partial charge in [-0.05, 0) is 68.9 Å². The molecule has 0 unspecified atom stereocenters. The zero-order valence-corrected chi connectivity index (χ0v) is 17.8. The van der Waals surface area contributed by atoms with Crippen LogP contribution in [0.2, 0.25) is 0 Å². The Hall–Kier alpha value is -2.03. The number of fused-ring (bicyclic) bond motifs is 4. The SMILES string of the molecule is CC(C)O[C@@H]1C[C@H]2[C@@H](CC[C@H](O)[C@@H]2C)CN(C#N)CCc2c1[nH]c1ccccc21. The number of nitrogens with zero attached hydrogens (tertiary/aromatic N) is 2. The highest BCUT2D eigenvalue weighted by atomic mass is 16.5. The van der Waals surface area contributed by atoms with Crippen LogP contribution in [-0.4, -0.2) is 40.3 Å². The molecule has 0 amide bonds. The second-order valence-corrected chi connectivity index (χ2v) is 9.20. The van der Waals surface area contributed by atoms with Crippen LogP contribution in [0.3, 0.4) is 0 Å². The highest BCUT2D eigenvalue weighted by molar-refractivity contribution is 5.84. The average Bonchev–Trinajstić information content (AvgIpc) is 3.07. The molecule has 0 bridgehead atoms. The maximum Gasteiger partial charge on any atom is 0.179 e. The number of aromatic nitrogens is 1. The smallest absolute Gasteiger partial charge is 0.179 e. The van der Waals surface area contributed by atoms with Gasteiger partial charge in [0.05, 0.1) is 18.3 Å². The van der Waals surface area contributed by atoms with Gasteiger partial charge in [-0.25, -0.2) is 0 Å². The highest BCUT2D eigenvalue weighted by Gasteiger charge is 2.40. The van der Waals surface area contributed by atoms with Crippen LogP contribution in [0.15, 0.2) is 24.3 Å². The number of hydrogen-bond acceptors (Lipinski definition) is 4. The number of aliphatic hydroxyl groups is 1. The summed E-state index contributed by atoms with van der Waals surface area (Å²) < 4.78 is 6.47. The van der Waals surface area contributed by atoms with Gasteiger partial charge in [-0.1, -0.05) is 25.1 Å². The second-order valence-electron chi connectivity index (χ2n) is 9.20. The third-order valence-electron chi connectivity index (χ3n) is 7.04. The van der Waals surface area contributed by atoms with Crippen molar-refractivity contribution in [2.75, 3.05) is 13.1 Å². The van der Waals surface area contributed by atoms with E-state index in [2.05, 4.69) is 56.2 Å². The zero-order chi connectivity index (χ0) is 20.5. The van der Waals surface area contributed by atoms with Crippen molar-refractivity contribution in [3.63, 3.8) is 0 Å². The number of nitrogens with one attached hydrogen (secondary N) is 1. The molecule has 4 rings (SSSR count). The lowest BCUT2D eigenvalue weighted by molar-refractivity contribution is -0.0531. The molecule has 29 heavy (non-hydrogen) atoms. The Morgan fingerprint density at radius 1 is 1.28 bits per heavy atom. The Kier molecular flexibility index (Phi) is 5.85. The average molecular weight is 396 g/mol. The van der Waals surface area contributed by atoms with E-state index in [0.29, 0.717) is 11.8 Å². The monoisotopic (exact) mass is 395 g/mol. The van der Waals surface area contributed by atoms with Crippen LogP contribution in [0, 0.1) is 29.2 Å². The maximum atomic E-state index is 10.6. The quantitative estimate of drug-likeness (QED) is 0.740. The van der Waals surface area contributed by atoms with Gasteiger partial charge >= 0.3 is 0 Å². The summed E-state index contributed by atoms with van der Waals surface area (Å²) in [5.41, 5.74) is 3.56. The number of H-pyrrole nitrogens is 1. The number of benzene rings is 1. The topological polar surface area (TPSA) is 72.3 Å². The Morgan fingerprint density at radius 3 is 2.83 bits per heavy atom. The molecule has 2 N–H and O–H groups in total. The van der Waals surface area contributed by atoms with E-state index in [4.69, 9.17) is 4.74 Å². The van der Waals surface area contributed by atoms with Crippen LogP contribution < -0.4 is 0 Å². The van der Waals surface area contributed by atoms with E-state index in [9.17, 15) is 10.4 Å². The number of ether oxygens (including phenoxy) is 1. The normalized spacial score (nSPS) is 30.6. The van der Waals surface area contributed by atoms with Crippen molar-refractivity contribution in [2.45, 2.75) is 64.8 Å². The van der Waals surface area contributed by atoms with Crippen LogP contribution in [0.4, 0.5) is 0 Å². The predicted molar refractivity (Wildman–Crippen MR) is 114 cm³/mol. The van der Waals surface area contributed by atoms with Crippen LogP contribution in [0.25, 0.3) is 10.9 Å². The van der Waals surface area contributed by atoms with Gasteiger partial charge in [0.2, 0.25) is 0 Å². The van der Waals surface area contributed by atoms with Gasteiger partial charge < -0.3 is 19.7 Å². The molecule has 1 aliphatic heterocycles. The molecule has 2 heterocycles. The molecular formula is C24H33N3O2. The summed E-state index contributed by atoms with van der Waals surface area (Å²) >= 11 is 0. The second kappa shape index (κ2) is 8.38. The lowest BCUT2D eigenvalue weighted by Gasteiger charge is -2.43. The van der Waals surface area contributed by atoms with Crippen molar-refractivity contribution in [1.82, 2.24) is 9.88 Å². The Balaban J connectivity index is 1.80. The molecule has 2 aliphatic rings. The summed E-state index contributed by atoms with van der Waals surface area (Å²) in [5.74, 6) is 0.952. The van der Waals surface area contributed by atoms with Gasteiger partial charge in [-0.15, -0.1) is 0 Å². The minimum absolute atomic E-state index is 0.0220. The summed E-state index contributed by atoms with van der Waals surface area (Å²) in [7, 11) is 0. The molecule has 0 saturated heterocycles. The largest absolute Gasteiger partial charge is 0.393 e. The van der Waals surface area contributed by atoms with Gasteiger partial charge in [-0.3, -0.25) is 0 Å². The molecule has 1 fully saturated rings. The molecule has 0 spiro atoms. The van der Waals surface area contributed by atoms with Crippen LogP contribution in [0.5, 0.6) is 0 Å². The predicted octanol–water partition coefficient (Wildman–Crippen LogP) is 4.39. The number of hydrogen-bond donors (Lipinski definition) is 2. The van der Waals surface area contributed by atoms with Gasteiger partial charge in [0.25, 0.3) is 0 Å². The molecule has 2 aromatic rings. The fraction of sp³-hybridized carbons (Fsp3) is 0.625. The fourth-order valence-corrected chi connectivity index (χ4v) is 5.50. The first-order chi connectivity index (χ1) is 14.0. The lowest BCUT2D eigenvalue weighted by atomic mass is 9.68. The number of aromatic amines is 1. The van der Waals surface area contributed by atoms with E-state index >= 15 is 0 Å². The molecule has 5 atom stereocenters. The zero-order valence-electron chi connectivity index (χ0n) is 17.8. The van der Waals surface area contributed by atoms with Crippen LogP contribution in [-0.2, 0) is 11.2 Å². The summed E-state index contributed by atoms with van der Waals surface area (Å²) in [6.07, 6.45) is 5.77. The third-order valence-corrected chi connectivity index (χ3v) is 7.04. The van der Waals surface area contributed by atoms with Crippen LogP contribution in [0.1, 0.15) is 57.4 Å². The lowest BCUT2D eigenvalue weighted by Crippen LogP contribution is -2.42. The summed E-state index contributed by atoms with van der Waals surface area (Å²) in [5, 5.41) is 21.6. The van der Waals surface area contributed by atoms with E-state index in [1.165, 1.54) is 10.9 Å². The molecule has 0 radical (unpaired) electrons. The van der Waals surface area contributed by atoms with Crippen molar-refractivity contribution < 1.29 is 9.84 Å². The molecule has 156 valence electrons. The first kappa shape index (κ1) is 20.3. The Bertz CT molecular complexity index is 884. The number of rotatable bonds is 2. The summed E-state index contributed by atoms with van der Waals surface area (Å²) in [6.45, 7) is 7.86. The Labute approximate surface area is 173 Å². The number of nitriles is 1. The first-order valence-corrected chi connectivity index (χ1v) is 11.1. The van der Waals surface area contributed by atoms with Crippen molar-refractivity contribution >= 4 is 10.9 Å². The maximum absolute atomic E-state index is 10.6. The van der Waals surface area contributed by atoms with E-state index in [0.717, 1.165) is 50.0 Å². The third kappa shape index (κ3) is 4.01. The number of para-hydroxylation sites is 1. The Morgan fingerprint density at radius 2 is 2.07 bits per heavy atom. The molecule has 1 aromatic carbocycles. The van der Waals surface area contributed by atoms with Crippen molar-refractivity contribution in [1.29, 1.82) is 5.26 Å². The van der Waals surface area contributed by atoms with E-state index in [-0.39, 0.29) is 24.2 Å². The summed E-state index contributed by atoms with van der Waals surface area (Å²) in [4.78, 5) is 5.58. The van der Waals surface area contributed by atoms with E-state index in [1.807, 2.05) is 4.90 Å². The van der Waals surface area contributed by atoms with Crippen molar-refractivity contribution in [3.8, 4) is 6.19 Å². The van der Waals surface area contributed by atoms with Crippen LogP contribution >= 0.6 is 0 Å². The minimum Gasteiger partial charge on any atom is -0.393 e. The molecule has 1 aliphatic carbocycles. The summed E-state index contributed by atoms with van der Waals surface area (Å²) in [6, 6.07) is 8.41. The van der Waals surface area contributed by atoms with E-state index in [1.54, 1.807) is 0 Å². The highest BCUT2D eigenvalue weighted by Crippen LogP contribution is 2.43. The molecule has 1 aromatic heterocycles. The van der Waals surface area contributed by atoms with E-state index < -0.39 is 0 Å². The van der Waals surface area contributed by atoms with Crippen molar-refractivity contribution in [2.24, 2.45) is 17.8 Å². The molecule has 5 heteroatoms. The molecule has 5 nitrogen and oxygen atoms in total. The van der Waals surface area contributed by atoms with Gasteiger partial charge in [0.15, 0.2) is 6.19 Å².